The minimum absolute atomic E-state index is 0.627. The van der Waals surface area contributed by atoms with Gasteiger partial charge >= 0.3 is 0 Å². The standard InChI is InChI=1S/C26H27BO3.2C4H12N/c28-27(29)30-26(24-18-10-5-11-19-24)21-13-2-1-12-20-25(26,22-14-6-3-7-15-22)23-16-8-4-9-17-23;2*1-5(2,3)4/h3-11,14-19H,1-2,12-13,20-21H2;2*1-4H3/q-2;2*+1. The summed E-state index contributed by atoms with van der Waals surface area (Å²) in [6.07, 6.45) is 5.54. The Balaban J connectivity index is 0.000000482. The number of benzene rings is 3. The van der Waals surface area contributed by atoms with Crippen molar-refractivity contribution in [2.75, 3.05) is 56.4 Å². The van der Waals surface area contributed by atoms with Gasteiger partial charge in [0.25, 0.3) is 0 Å². The highest BCUT2D eigenvalue weighted by molar-refractivity contribution is 6.28. The van der Waals surface area contributed by atoms with E-state index in [4.69, 9.17) is 4.65 Å². The molecule has 1 saturated carbocycles. The van der Waals surface area contributed by atoms with Crippen molar-refractivity contribution in [3.8, 4) is 0 Å². The molecule has 3 aromatic carbocycles. The van der Waals surface area contributed by atoms with Crippen LogP contribution in [-0.2, 0) is 15.7 Å². The molecular weight excluding hydrogens is 495 g/mol. The Hall–Kier alpha value is -2.48. The van der Waals surface area contributed by atoms with Crippen molar-refractivity contribution in [3.63, 3.8) is 0 Å². The molecule has 0 heterocycles. The molecule has 4 rings (SSSR count). The second kappa shape index (κ2) is 15.0. The van der Waals surface area contributed by atoms with Crippen molar-refractivity contribution in [2.24, 2.45) is 0 Å². The van der Waals surface area contributed by atoms with Crippen LogP contribution >= 0.6 is 0 Å². The zero-order chi connectivity index (χ0) is 29.9. The average molecular weight is 547 g/mol. The molecule has 0 amide bonds. The van der Waals surface area contributed by atoms with Crippen LogP contribution < -0.4 is 10.0 Å². The van der Waals surface area contributed by atoms with Crippen LogP contribution in [0.1, 0.15) is 55.2 Å². The fourth-order valence-corrected chi connectivity index (χ4v) is 5.39. The van der Waals surface area contributed by atoms with Crippen molar-refractivity contribution < 1.29 is 23.7 Å². The van der Waals surface area contributed by atoms with Crippen LogP contribution in [0.15, 0.2) is 91.0 Å². The fraction of sp³-hybridized carbons (Fsp3) is 0.471. The molecule has 1 aliphatic rings. The molecule has 1 unspecified atom stereocenters. The molecule has 40 heavy (non-hydrogen) atoms. The van der Waals surface area contributed by atoms with E-state index in [9.17, 15) is 10.0 Å². The van der Waals surface area contributed by atoms with E-state index in [1.54, 1.807) is 0 Å². The molecule has 1 atom stereocenters. The molecule has 1 aliphatic carbocycles. The monoisotopic (exact) mass is 546 g/mol. The van der Waals surface area contributed by atoms with Crippen molar-refractivity contribution in [1.82, 2.24) is 0 Å². The number of nitrogens with zero attached hydrogens (tertiary/aromatic N) is 2. The first-order valence-electron chi connectivity index (χ1n) is 14.4. The maximum absolute atomic E-state index is 12.1. The second-order valence-corrected chi connectivity index (χ2v) is 13.5. The molecule has 0 radical (unpaired) electrons. The summed E-state index contributed by atoms with van der Waals surface area (Å²) in [5.74, 6) is 0. The van der Waals surface area contributed by atoms with E-state index in [1.165, 1.54) is 0 Å². The van der Waals surface area contributed by atoms with E-state index in [2.05, 4.69) is 80.6 Å². The number of hydrogen-bond donors (Lipinski definition) is 0. The van der Waals surface area contributed by atoms with E-state index >= 15 is 0 Å². The van der Waals surface area contributed by atoms with Crippen LogP contribution in [0.4, 0.5) is 0 Å². The van der Waals surface area contributed by atoms with Gasteiger partial charge in [0, 0.05) is 0 Å². The summed E-state index contributed by atoms with van der Waals surface area (Å²) in [6.45, 7) is 0. The third-order valence-electron chi connectivity index (χ3n) is 6.59. The van der Waals surface area contributed by atoms with Gasteiger partial charge in [0.1, 0.15) is 0 Å². The summed E-state index contributed by atoms with van der Waals surface area (Å²) in [7, 11) is 14.6. The molecule has 6 heteroatoms. The normalized spacial score (nSPS) is 19.1. The van der Waals surface area contributed by atoms with Crippen LogP contribution in [0, 0.1) is 0 Å². The topological polar surface area (TPSA) is 55.3 Å². The van der Waals surface area contributed by atoms with Crippen molar-refractivity contribution >= 4 is 7.32 Å². The smallest absolute Gasteiger partial charge is 0.0872 e. The molecular formula is C34H51BN2O3. The largest absolute Gasteiger partial charge is 0.871 e. The number of rotatable bonds is 5. The van der Waals surface area contributed by atoms with Crippen molar-refractivity contribution in [2.45, 2.75) is 49.5 Å². The van der Waals surface area contributed by atoms with Crippen LogP contribution in [0.25, 0.3) is 0 Å². The van der Waals surface area contributed by atoms with E-state index in [0.717, 1.165) is 57.8 Å². The van der Waals surface area contributed by atoms with Gasteiger partial charge in [-0.2, -0.15) is 0 Å². The molecule has 218 valence electrons. The van der Waals surface area contributed by atoms with Gasteiger partial charge < -0.3 is 23.7 Å². The third-order valence-corrected chi connectivity index (χ3v) is 6.59. The quantitative estimate of drug-likeness (QED) is 0.348. The Morgan fingerprint density at radius 3 is 1.20 bits per heavy atom. The van der Waals surface area contributed by atoms with Crippen LogP contribution in [-0.4, -0.2) is 72.7 Å². The highest BCUT2D eigenvalue weighted by Crippen LogP contribution is 2.56. The van der Waals surface area contributed by atoms with Gasteiger partial charge in [-0.1, -0.05) is 117 Å². The molecule has 5 nitrogen and oxygen atoms in total. The molecule has 0 aliphatic heterocycles. The Labute approximate surface area is 244 Å². The predicted molar refractivity (Wildman–Crippen MR) is 164 cm³/mol. The number of hydrogen-bond acceptors (Lipinski definition) is 3. The first-order chi connectivity index (χ1) is 18.7. The first-order valence-corrected chi connectivity index (χ1v) is 14.4. The number of quaternary nitrogens is 2. The minimum Gasteiger partial charge on any atom is -0.871 e. The van der Waals surface area contributed by atoms with E-state index in [-0.39, 0.29) is 0 Å². The van der Waals surface area contributed by atoms with Crippen molar-refractivity contribution in [3.05, 3.63) is 108 Å². The molecule has 3 aromatic rings. The molecule has 0 N–H and O–H groups in total. The molecule has 0 aromatic heterocycles. The van der Waals surface area contributed by atoms with Gasteiger partial charge in [-0.05, 0) is 29.5 Å². The van der Waals surface area contributed by atoms with Gasteiger partial charge in [0.15, 0.2) is 0 Å². The summed E-state index contributed by atoms with van der Waals surface area (Å²) in [6, 6.07) is 30.5. The second-order valence-electron chi connectivity index (χ2n) is 13.5. The van der Waals surface area contributed by atoms with Crippen LogP contribution in [0.3, 0.4) is 0 Å². The van der Waals surface area contributed by atoms with Gasteiger partial charge in [-0.3, -0.25) is 0 Å². The Kier molecular flexibility index (Phi) is 12.6. The maximum atomic E-state index is 12.1. The van der Waals surface area contributed by atoms with Gasteiger partial charge in [-0.25, -0.2) is 0 Å². The summed E-state index contributed by atoms with van der Waals surface area (Å²) in [5, 5.41) is 24.3. The average Bonchev–Trinajstić information content (AvgIpc) is 2.86. The minimum atomic E-state index is -2.36. The summed E-state index contributed by atoms with van der Waals surface area (Å²) >= 11 is 0. The summed E-state index contributed by atoms with van der Waals surface area (Å²) in [5.41, 5.74) is 1.40. The molecule has 0 spiro atoms. The maximum Gasteiger partial charge on any atom is 0.0872 e. The molecule has 0 bridgehead atoms. The van der Waals surface area contributed by atoms with E-state index in [1.807, 2.05) is 66.7 Å². The fourth-order valence-electron chi connectivity index (χ4n) is 5.39. The Morgan fingerprint density at radius 1 is 0.525 bits per heavy atom. The van der Waals surface area contributed by atoms with E-state index in [0.29, 0.717) is 6.42 Å². The zero-order valence-electron chi connectivity index (χ0n) is 26.1. The highest BCUT2D eigenvalue weighted by Gasteiger charge is 2.54. The van der Waals surface area contributed by atoms with Gasteiger partial charge in [0.2, 0.25) is 0 Å². The molecule has 1 fully saturated rings. The lowest BCUT2D eigenvalue weighted by Crippen LogP contribution is -2.61. The summed E-state index contributed by atoms with van der Waals surface area (Å²) < 4.78 is 8.01. The predicted octanol–water partition coefficient (Wildman–Crippen LogP) is 4.59. The Morgan fingerprint density at radius 2 is 0.850 bits per heavy atom. The first kappa shape index (κ1) is 33.7. The lowest BCUT2D eigenvalue weighted by atomic mass is 9.55. The van der Waals surface area contributed by atoms with Gasteiger partial charge in [-0.15, -0.1) is 0 Å². The van der Waals surface area contributed by atoms with Crippen molar-refractivity contribution in [1.29, 1.82) is 0 Å². The third kappa shape index (κ3) is 10.2. The zero-order valence-corrected chi connectivity index (χ0v) is 26.1. The summed E-state index contributed by atoms with van der Waals surface area (Å²) in [4.78, 5) is 0. The van der Waals surface area contributed by atoms with Crippen LogP contribution in [0.5, 0.6) is 0 Å². The van der Waals surface area contributed by atoms with Gasteiger partial charge in [0.05, 0.1) is 74.7 Å². The lowest BCUT2D eigenvalue weighted by Gasteiger charge is -2.57. The van der Waals surface area contributed by atoms with E-state index < -0.39 is 18.3 Å². The lowest BCUT2D eigenvalue weighted by molar-refractivity contribution is -0.849. The molecule has 0 saturated heterocycles. The highest BCUT2D eigenvalue weighted by atomic mass is 16.6. The SMILES string of the molecule is C[N+](C)(C)C.C[N+](C)(C)C.[O-]B([O-])OC1(c2ccccc2)CCCCCCC1(c1ccccc1)c1ccccc1. The van der Waals surface area contributed by atoms with Crippen LogP contribution in [0.2, 0.25) is 0 Å². The Bertz CT molecular complexity index is 1030.